The number of benzene rings is 1. The van der Waals surface area contributed by atoms with Gasteiger partial charge in [0.05, 0.1) is 26.7 Å². The second-order valence-corrected chi connectivity index (χ2v) is 7.85. The van der Waals surface area contributed by atoms with E-state index in [-0.39, 0.29) is 17.0 Å². The molecule has 0 aliphatic carbocycles. The maximum absolute atomic E-state index is 2.51. The third-order valence-corrected chi connectivity index (χ3v) is 5.36. The van der Waals surface area contributed by atoms with Gasteiger partial charge in [0.25, 0.3) is 0 Å². The highest BCUT2D eigenvalue weighted by Gasteiger charge is 2.19. The van der Waals surface area contributed by atoms with Gasteiger partial charge in [-0.1, -0.05) is 69.9 Å². The molecule has 1 aromatic rings. The summed E-state index contributed by atoms with van der Waals surface area (Å²) in [6, 6.07) is 11.0. The zero-order valence-electron chi connectivity index (χ0n) is 17.1. The van der Waals surface area contributed by atoms with Gasteiger partial charge in [0, 0.05) is 0 Å². The van der Waals surface area contributed by atoms with Crippen molar-refractivity contribution in [2.75, 3.05) is 26.7 Å². The van der Waals surface area contributed by atoms with Gasteiger partial charge in [-0.25, -0.2) is 0 Å². The lowest BCUT2D eigenvalue weighted by Gasteiger charge is -2.35. The summed E-state index contributed by atoms with van der Waals surface area (Å²) < 4.78 is 1.31. The van der Waals surface area contributed by atoms with Crippen LogP contribution < -0.4 is 17.0 Å². The van der Waals surface area contributed by atoms with Gasteiger partial charge in [0.15, 0.2) is 0 Å². The summed E-state index contributed by atoms with van der Waals surface area (Å²) in [6.45, 7) is 8.75. The largest absolute Gasteiger partial charge is 1.00 e. The van der Waals surface area contributed by atoms with E-state index in [1.807, 2.05) is 0 Å². The van der Waals surface area contributed by atoms with Crippen molar-refractivity contribution < 1.29 is 21.5 Å². The average molecular weight is 412 g/mol. The zero-order valence-corrected chi connectivity index (χ0v) is 18.7. The van der Waals surface area contributed by atoms with Crippen molar-refractivity contribution in [3.63, 3.8) is 0 Å². The molecular weight excluding hydrogens is 370 g/mol. The number of hydrogen-bond acceptors (Lipinski definition) is 0. The molecule has 0 saturated heterocycles. The van der Waals surface area contributed by atoms with Crippen molar-refractivity contribution in [1.29, 1.82) is 0 Å². The van der Waals surface area contributed by atoms with Gasteiger partial charge in [-0.2, -0.15) is 0 Å². The van der Waals surface area contributed by atoms with Gasteiger partial charge in [-0.05, 0) is 50.5 Å². The van der Waals surface area contributed by atoms with Crippen LogP contribution in [0.4, 0.5) is 0 Å². The predicted octanol–water partition coefficient (Wildman–Crippen LogP) is 3.62. The van der Waals surface area contributed by atoms with Gasteiger partial charge in [0.2, 0.25) is 0 Å². The van der Waals surface area contributed by atoms with E-state index >= 15 is 0 Å². The Morgan fingerprint density at radius 3 is 1.72 bits per heavy atom. The van der Waals surface area contributed by atoms with Crippen LogP contribution in [0.1, 0.15) is 83.6 Å². The third kappa shape index (κ3) is 12.6. The summed E-state index contributed by atoms with van der Waals surface area (Å²) in [7, 11) is 2.51. The number of rotatable bonds is 15. The fourth-order valence-electron chi connectivity index (χ4n) is 3.64. The molecule has 1 nitrogen and oxygen atoms in total. The molecule has 2 heteroatoms. The lowest BCUT2D eigenvalue weighted by molar-refractivity contribution is -0.910. The van der Waals surface area contributed by atoms with E-state index in [0.29, 0.717) is 0 Å². The molecule has 0 saturated carbocycles. The first-order chi connectivity index (χ1) is 11.7. The minimum Gasteiger partial charge on any atom is -1.00 e. The molecule has 1 aromatic carbocycles. The second-order valence-electron chi connectivity index (χ2n) is 7.85. The van der Waals surface area contributed by atoms with Gasteiger partial charge in [0.1, 0.15) is 0 Å². The highest BCUT2D eigenvalue weighted by atomic mass is 79.9. The summed E-state index contributed by atoms with van der Waals surface area (Å²) in [5, 5.41) is 0. The van der Waals surface area contributed by atoms with Gasteiger partial charge in [-0.3, -0.25) is 0 Å². The van der Waals surface area contributed by atoms with E-state index in [1.165, 1.54) is 100 Å². The molecule has 0 fully saturated rings. The third-order valence-electron chi connectivity index (χ3n) is 5.36. The van der Waals surface area contributed by atoms with Crippen molar-refractivity contribution in [3.05, 3.63) is 35.9 Å². The zero-order chi connectivity index (χ0) is 17.5. The Hall–Kier alpha value is -0.340. The normalized spacial score (nSPS) is 13.2. The van der Waals surface area contributed by atoms with Crippen LogP contribution in [0.2, 0.25) is 0 Å². The van der Waals surface area contributed by atoms with E-state index in [2.05, 4.69) is 51.2 Å². The Morgan fingerprint density at radius 2 is 1.12 bits per heavy atom. The lowest BCUT2D eigenvalue weighted by atomic mass is 10.1. The monoisotopic (exact) mass is 411 g/mol. The maximum atomic E-state index is 2.51. The molecule has 25 heavy (non-hydrogen) atoms. The molecule has 0 bridgehead atoms. The highest BCUT2D eigenvalue weighted by Crippen LogP contribution is 2.14. The average Bonchev–Trinajstić information content (AvgIpc) is 2.60. The first-order valence-corrected chi connectivity index (χ1v) is 10.6. The van der Waals surface area contributed by atoms with E-state index in [9.17, 15) is 0 Å². The number of unbranched alkanes of at least 4 members (excludes halogenated alkanes) is 7. The molecule has 0 heterocycles. The Morgan fingerprint density at radius 1 is 0.640 bits per heavy atom. The first-order valence-electron chi connectivity index (χ1n) is 10.6. The van der Waals surface area contributed by atoms with Crippen molar-refractivity contribution in [2.24, 2.45) is 0 Å². The molecule has 0 N–H and O–H groups in total. The van der Waals surface area contributed by atoms with Crippen LogP contribution in [0, 0.1) is 0 Å². The number of hydrogen-bond donors (Lipinski definition) is 0. The molecule has 0 amide bonds. The Balaban J connectivity index is 0.00000576. The molecule has 0 aromatic heterocycles. The number of quaternary nitrogens is 1. The molecule has 146 valence electrons. The maximum Gasteiger partial charge on any atom is 0.0784 e. The van der Waals surface area contributed by atoms with Crippen LogP contribution >= 0.6 is 0 Å². The number of nitrogens with zero attached hydrogens (tertiary/aromatic N) is 1. The molecule has 0 aliphatic heterocycles. The van der Waals surface area contributed by atoms with Crippen molar-refractivity contribution >= 4 is 0 Å². The molecule has 1 unspecified atom stereocenters. The fraction of sp³-hybridized carbons (Fsp3) is 0.739. The van der Waals surface area contributed by atoms with Gasteiger partial charge in [-0.15, -0.1) is 0 Å². The van der Waals surface area contributed by atoms with Crippen LogP contribution in [-0.4, -0.2) is 31.2 Å². The number of aryl methyl sites for hydroxylation is 1. The summed E-state index contributed by atoms with van der Waals surface area (Å²) >= 11 is 0. The van der Waals surface area contributed by atoms with E-state index in [0.717, 1.165) is 0 Å². The molecule has 0 aliphatic rings. The first kappa shape index (κ1) is 24.7. The lowest BCUT2D eigenvalue weighted by Crippen LogP contribution is -3.00. The van der Waals surface area contributed by atoms with Crippen molar-refractivity contribution in [3.8, 4) is 0 Å². The van der Waals surface area contributed by atoms with Crippen molar-refractivity contribution in [2.45, 2.75) is 84.5 Å². The van der Waals surface area contributed by atoms with Crippen LogP contribution in [0.15, 0.2) is 30.3 Å². The van der Waals surface area contributed by atoms with Gasteiger partial charge >= 0.3 is 0 Å². The van der Waals surface area contributed by atoms with Gasteiger partial charge < -0.3 is 21.5 Å². The molecular formula is C23H42BrN. The summed E-state index contributed by atoms with van der Waals surface area (Å²) in [5.74, 6) is 0. The Bertz CT molecular complexity index is 392. The highest BCUT2D eigenvalue weighted by molar-refractivity contribution is 5.14. The molecule has 0 spiro atoms. The minimum atomic E-state index is 0. The smallest absolute Gasteiger partial charge is 0.0784 e. The van der Waals surface area contributed by atoms with Crippen molar-refractivity contribution in [1.82, 2.24) is 0 Å². The minimum absolute atomic E-state index is 0. The Labute approximate surface area is 168 Å². The van der Waals surface area contributed by atoms with Crippen LogP contribution in [0.25, 0.3) is 0 Å². The molecule has 1 atom stereocenters. The quantitative estimate of drug-likeness (QED) is 0.305. The number of halogens is 1. The van der Waals surface area contributed by atoms with Crippen LogP contribution in [0.3, 0.4) is 0 Å². The second kappa shape index (κ2) is 15.9. The van der Waals surface area contributed by atoms with Crippen LogP contribution in [0.5, 0.6) is 0 Å². The standard InChI is InChI=1S/C23H42N.BrH/c1-4-6-8-9-15-21-24(3,20-14-7-5-2)22-16-13-19-23-17-11-10-12-18-23;/h10-12,17-18H,4-9,13-16,19-22H2,1-3H3;1H/q+1;/p-1. The fourth-order valence-corrected chi connectivity index (χ4v) is 3.64. The van der Waals surface area contributed by atoms with E-state index in [1.54, 1.807) is 0 Å². The van der Waals surface area contributed by atoms with E-state index < -0.39 is 0 Å². The summed E-state index contributed by atoms with van der Waals surface area (Å²) in [4.78, 5) is 0. The van der Waals surface area contributed by atoms with Crippen LogP contribution in [-0.2, 0) is 6.42 Å². The molecule has 1 rings (SSSR count). The Kier molecular flexibility index (Phi) is 15.7. The summed E-state index contributed by atoms with van der Waals surface area (Å²) in [6.07, 6.45) is 15.1. The topological polar surface area (TPSA) is 0 Å². The van der Waals surface area contributed by atoms with E-state index in [4.69, 9.17) is 0 Å². The SMILES string of the molecule is CCCCCCC[N+](C)(CCCCC)CCCCc1ccccc1.[Br-]. The molecule has 0 radical (unpaired) electrons. The summed E-state index contributed by atoms with van der Waals surface area (Å²) in [5.41, 5.74) is 1.50. The predicted molar refractivity (Wildman–Crippen MR) is 108 cm³/mol.